The molecular formula is C27H29NO3. The Morgan fingerprint density at radius 1 is 0.935 bits per heavy atom. The standard InChI is InChI=1S/C27H29NO3/c1-2-24(28-26(29)20-12-4-3-5-13-20)27(30)31-25-18-9-8-16-23(25)22-17-10-14-19-11-6-7-15-21(19)22/h3-7,10-15,17,23-25H,2,8-9,16,18H2,1H3,(H,28,29)/t23-,24?,25+/m1/s1. The maximum absolute atomic E-state index is 13.0. The van der Waals surface area contributed by atoms with Crippen LogP contribution in [0.25, 0.3) is 10.8 Å². The third kappa shape index (κ3) is 4.79. The number of hydrogen-bond donors (Lipinski definition) is 1. The zero-order chi connectivity index (χ0) is 21.6. The Balaban J connectivity index is 1.50. The lowest BCUT2D eigenvalue weighted by Crippen LogP contribution is -2.43. The molecule has 4 heteroatoms. The minimum atomic E-state index is -0.650. The molecule has 0 aliphatic heterocycles. The molecule has 160 valence electrons. The highest BCUT2D eigenvalue weighted by Gasteiger charge is 2.32. The molecule has 1 N–H and O–H groups in total. The van der Waals surface area contributed by atoms with Crippen LogP contribution in [0.2, 0.25) is 0 Å². The van der Waals surface area contributed by atoms with Crippen LogP contribution in [-0.2, 0) is 9.53 Å². The topological polar surface area (TPSA) is 55.4 Å². The van der Waals surface area contributed by atoms with Crippen molar-refractivity contribution in [1.82, 2.24) is 5.32 Å². The van der Waals surface area contributed by atoms with Gasteiger partial charge in [-0.3, -0.25) is 4.79 Å². The number of rotatable bonds is 6. The SMILES string of the molecule is CCC(NC(=O)c1ccccc1)C(=O)O[C@H]1CCCC[C@@H]1c1cccc2ccccc12. The van der Waals surface area contributed by atoms with Crippen molar-refractivity contribution < 1.29 is 14.3 Å². The first-order valence-corrected chi connectivity index (χ1v) is 11.2. The molecule has 3 aromatic rings. The summed E-state index contributed by atoms with van der Waals surface area (Å²) in [6.07, 6.45) is 4.34. The molecule has 0 spiro atoms. The third-order valence-corrected chi connectivity index (χ3v) is 6.23. The number of fused-ring (bicyclic) bond motifs is 1. The molecule has 1 aliphatic carbocycles. The van der Waals surface area contributed by atoms with Gasteiger partial charge in [0.1, 0.15) is 12.1 Å². The molecule has 4 nitrogen and oxygen atoms in total. The minimum absolute atomic E-state index is 0.172. The van der Waals surface area contributed by atoms with Crippen LogP contribution >= 0.6 is 0 Å². The molecular weight excluding hydrogens is 386 g/mol. The summed E-state index contributed by atoms with van der Waals surface area (Å²) >= 11 is 0. The molecule has 0 aromatic heterocycles. The van der Waals surface area contributed by atoms with E-state index in [4.69, 9.17) is 4.74 Å². The number of carbonyl (C=O) groups excluding carboxylic acids is 2. The van der Waals surface area contributed by atoms with Crippen molar-refractivity contribution in [1.29, 1.82) is 0 Å². The zero-order valence-corrected chi connectivity index (χ0v) is 17.9. The van der Waals surface area contributed by atoms with E-state index >= 15 is 0 Å². The van der Waals surface area contributed by atoms with E-state index in [1.807, 2.05) is 31.2 Å². The van der Waals surface area contributed by atoms with Crippen LogP contribution in [0.15, 0.2) is 72.8 Å². The number of carbonyl (C=O) groups is 2. The fraction of sp³-hybridized carbons (Fsp3) is 0.333. The van der Waals surface area contributed by atoms with E-state index in [1.165, 1.54) is 16.3 Å². The lowest BCUT2D eigenvalue weighted by Gasteiger charge is -2.33. The van der Waals surface area contributed by atoms with Gasteiger partial charge >= 0.3 is 5.97 Å². The third-order valence-electron chi connectivity index (χ3n) is 6.23. The first kappa shape index (κ1) is 21.1. The van der Waals surface area contributed by atoms with Crippen LogP contribution in [0, 0.1) is 0 Å². The Labute approximate surface area is 183 Å². The highest BCUT2D eigenvalue weighted by Crippen LogP contribution is 2.38. The fourth-order valence-corrected chi connectivity index (χ4v) is 4.56. The average molecular weight is 416 g/mol. The van der Waals surface area contributed by atoms with Crippen molar-refractivity contribution in [2.45, 2.75) is 57.1 Å². The van der Waals surface area contributed by atoms with E-state index in [9.17, 15) is 9.59 Å². The molecule has 1 amide bonds. The van der Waals surface area contributed by atoms with Crippen LogP contribution in [-0.4, -0.2) is 24.0 Å². The second-order valence-corrected chi connectivity index (χ2v) is 8.23. The molecule has 1 saturated carbocycles. The summed E-state index contributed by atoms with van der Waals surface area (Å²) in [5, 5.41) is 5.27. The van der Waals surface area contributed by atoms with Gasteiger partial charge in [0.05, 0.1) is 0 Å². The second-order valence-electron chi connectivity index (χ2n) is 8.23. The maximum Gasteiger partial charge on any atom is 0.328 e. The lowest BCUT2D eigenvalue weighted by atomic mass is 9.80. The summed E-state index contributed by atoms with van der Waals surface area (Å²) in [5.41, 5.74) is 1.79. The monoisotopic (exact) mass is 415 g/mol. The zero-order valence-electron chi connectivity index (χ0n) is 17.9. The minimum Gasteiger partial charge on any atom is -0.460 e. The average Bonchev–Trinajstić information content (AvgIpc) is 2.83. The van der Waals surface area contributed by atoms with Gasteiger partial charge in [-0.2, -0.15) is 0 Å². The number of hydrogen-bond acceptors (Lipinski definition) is 3. The van der Waals surface area contributed by atoms with Gasteiger partial charge in [-0.25, -0.2) is 4.79 Å². The Morgan fingerprint density at radius 2 is 1.65 bits per heavy atom. The maximum atomic E-state index is 13.0. The van der Waals surface area contributed by atoms with Gasteiger partial charge in [-0.1, -0.05) is 74.0 Å². The molecule has 31 heavy (non-hydrogen) atoms. The number of nitrogens with one attached hydrogen (secondary N) is 1. The summed E-state index contributed by atoms with van der Waals surface area (Å²) in [6.45, 7) is 1.89. The van der Waals surface area contributed by atoms with Crippen molar-refractivity contribution in [2.75, 3.05) is 0 Å². The molecule has 0 saturated heterocycles. The fourth-order valence-electron chi connectivity index (χ4n) is 4.56. The van der Waals surface area contributed by atoms with E-state index in [0.717, 1.165) is 25.7 Å². The Kier molecular flexibility index (Phi) is 6.66. The first-order valence-electron chi connectivity index (χ1n) is 11.2. The van der Waals surface area contributed by atoms with Crippen LogP contribution in [0.5, 0.6) is 0 Å². The highest BCUT2D eigenvalue weighted by atomic mass is 16.5. The van der Waals surface area contributed by atoms with Crippen molar-refractivity contribution >= 4 is 22.6 Å². The molecule has 1 fully saturated rings. The molecule has 3 atom stereocenters. The van der Waals surface area contributed by atoms with Crippen LogP contribution in [0.1, 0.15) is 60.9 Å². The highest BCUT2D eigenvalue weighted by molar-refractivity contribution is 5.96. The van der Waals surface area contributed by atoms with E-state index in [1.54, 1.807) is 12.1 Å². The first-order chi connectivity index (χ1) is 15.2. The van der Waals surface area contributed by atoms with E-state index < -0.39 is 6.04 Å². The van der Waals surface area contributed by atoms with Gasteiger partial charge in [0.25, 0.3) is 5.91 Å². The van der Waals surface area contributed by atoms with Crippen LogP contribution < -0.4 is 5.32 Å². The second kappa shape index (κ2) is 9.78. The Hall–Kier alpha value is -3.14. The molecule has 0 heterocycles. The molecule has 3 aromatic carbocycles. The van der Waals surface area contributed by atoms with Crippen molar-refractivity contribution in [2.24, 2.45) is 0 Å². The van der Waals surface area contributed by atoms with Gasteiger partial charge in [0, 0.05) is 11.5 Å². The largest absolute Gasteiger partial charge is 0.460 e. The molecule has 0 radical (unpaired) electrons. The van der Waals surface area contributed by atoms with Crippen LogP contribution in [0.3, 0.4) is 0 Å². The number of ether oxygens (including phenoxy) is 1. The summed E-state index contributed by atoms with van der Waals surface area (Å²) < 4.78 is 6.04. The normalized spacial score (nSPS) is 19.5. The number of benzene rings is 3. The predicted octanol–water partition coefficient (Wildman–Crippen LogP) is 5.62. The molecule has 1 unspecified atom stereocenters. The molecule has 4 rings (SSSR count). The number of amides is 1. The van der Waals surface area contributed by atoms with Gasteiger partial charge in [0.15, 0.2) is 0 Å². The lowest BCUT2D eigenvalue weighted by molar-refractivity contribution is -0.154. The Bertz CT molecular complexity index is 1040. The molecule has 0 bridgehead atoms. The number of esters is 1. The van der Waals surface area contributed by atoms with E-state index in [0.29, 0.717) is 12.0 Å². The van der Waals surface area contributed by atoms with Gasteiger partial charge in [0.2, 0.25) is 0 Å². The summed E-state index contributed by atoms with van der Waals surface area (Å²) in [7, 11) is 0. The van der Waals surface area contributed by atoms with Crippen LogP contribution in [0.4, 0.5) is 0 Å². The van der Waals surface area contributed by atoms with Gasteiger partial charge in [-0.15, -0.1) is 0 Å². The van der Waals surface area contributed by atoms with Gasteiger partial charge in [-0.05, 0) is 54.2 Å². The van der Waals surface area contributed by atoms with Crippen molar-refractivity contribution in [3.05, 3.63) is 83.9 Å². The quantitative estimate of drug-likeness (QED) is 0.532. The summed E-state index contributed by atoms with van der Waals surface area (Å²) in [6, 6.07) is 23.0. The molecule has 1 aliphatic rings. The summed E-state index contributed by atoms with van der Waals surface area (Å²) in [5.74, 6) is -0.423. The van der Waals surface area contributed by atoms with Crippen molar-refractivity contribution in [3.63, 3.8) is 0 Å². The van der Waals surface area contributed by atoms with Crippen molar-refractivity contribution in [3.8, 4) is 0 Å². The van der Waals surface area contributed by atoms with Gasteiger partial charge < -0.3 is 10.1 Å². The summed E-state index contributed by atoms with van der Waals surface area (Å²) in [4.78, 5) is 25.5. The Morgan fingerprint density at radius 3 is 2.45 bits per heavy atom. The smallest absolute Gasteiger partial charge is 0.328 e. The predicted molar refractivity (Wildman–Crippen MR) is 123 cm³/mol. The van der Waals surface area contributed by atoms with E-state index in [2.05, 4.69) is 41.7 Å². The van der Waals surface area contributed by atoms with E-state index in [-0.39, 0.29) is 23.9 Å².